The third-order valence-electron chi connectivity index (χ3n) is 4.03. The molecule has 0 aliphatic carbocycles. The number of halogens is 1. The molecule has 0 aromatic heterocycles. The number of benzene rings is 1. The van der Waals surface area contributed by atoms with Crippen molar-refractivity contribution in [3.05, 3.63) is 34.3 Å². The second kappa shape index (κ2) is 7.79. The second-order valence-corrected chi connectivity index (χ2v) is 6.61. The summed E-state index contributed by atoms with van der Waals surface area (Å²) in [7, 11) is 0. The summed E-state index contributed by atoms with van der Waals surface area (Å²) in [5.74, 6) is 1.24. The van der Waals surface area contributed by atoms with Gasteiger partial charge in [0.2, 0.25) is 5.91 Å². The zero-order valence-electron chi connectivity index (χ0n) is 12.0. The highest BCUT2D eigenvalue weighted by atomic mass is 79.9. The van der Waals surface area contributed by atoms with E-state index in [9.17, 15) is 4.79 Å². The second-order valence-electron chi connectivity index (χ2n) is 5.69. The van der Waals surface area contributed by atoms with Crippen LogP contribution in [0, 0.1) is 11.8 Å². The summed E-state index contributed by atoms with van der Waals surface area (Å²) < 4.78 is 1.05. The van der Waals surface area contributed by atoms with Crippen LogP contribution in [0.1, 0.15) is 31.7 Å². The van der Waals surface area contributed by atoms with Gasteiger partial charge in [0, 0.05) is 17.4 Å². The molecular weight excluding hydrogens is 316 g/mol. The highest BCUT2D eigenvalue weighted by Crippen LogP contribution is 2.22. The molecule has 1 fully saturated rings. The van der Waals surface area contributed by atoms with Gasteiger partial charge in [0.15, 0.2) is 0 Å². The van der Waals surface area contributed by atoms with Gasteiger partial charge in [-0.15, -0.1) is 0 Å². The summed E-state index contributed by atoms with van der Waals surface area (Å²) in [4.78, 5) is 12.0. The van der Waals surface area contributed by atoms with Crippen LogP contribution in [0.2, 0.25) is 0 Å². The Morgan fingerprint density at radius 2 is 2.40 bits per heavy atom. The first-order valence-electron chi connectivity index (χ1n) is 7.37. The van der Waals surface area contributed by atoms with E-state index in [1.54, 1.807) is 0 Å². The fourth-order valence-corrected chi connectivity index (χ4v) is 3.19. The minimum atomic E-state index is 0.156. The topological polar surface area (TPSA) is 41.1 Å². The molecule has 1 amide bonds. The molecule has 1 saturated heterocycles. The molecule has 4 heteroatoms. The van der Waals surface area contributed by atoms with Gasteiger partial charge < -0.3 is 10.6 Å². The smallest absolute Gasteiger partial charge is 0.220 e. The quantitative estimate of drug-likeness (QED) is 0.866. The minimum Gasteiger partial charge on any atom is -0.352 e. The molecule has 1 aliphatic heterocycles. The SMILES string of the molecule is CC(CC(=O)NCc1cccc(Br)c1)C1CCCNC1. The lowest BCUT2D eigenvalue weighted by molar-refractivity contribution is -0.122. The van der Waals surface area contributed by atoms with E-state index in [-0.39, 0.29) is 5.91 Å². The molecule has 2 rings (SSSR count). The summed E-state index contributed by atoms with van der Waals surface area (Å²) in [6, 6.07) is 8.04. The van der Waals surface area contributed by atoms with Gasteiger partial charge in [-0.3, -0.25) is 4.79 Å². The molecule has 2 unspecified atom stereocenters. The molecule has 0 radical (unpaired) electrons. The van der Waals surface area contributed by atoms with E-state index in [2.05, 4.69) is 33.5 Å². The number of carbonyl (C=O) groups is 1. The molecule has 0 spiro atoms. The molecule has 0 saturated carbocycles. The highest BCUT2D eigenvalue weighted by molar-refractivity contribution is 9.10. The van der Waals surface area contributed by atoms with Gasteiger partial charge >= 0.3 is 0 Å². The van der Waals surface area contributed by atoms with Crippen LogP contribution in [0.4, 0.5) is 0 Å². The molecule has 3 nitrogen and oxygen atoms in total. The third kappa shape index (κ3) is 4.91. The molecular formula is C16H23BrN2O. The number of hydrogen-bond acceptors (Lipinski definition) is 2. The molecule has 0 bridgehead atoms. The molecule has 20 heavy (non-hydrogen) atoms. The lowest BCUT2D eigenvalue weighted by Crippen LogP contribution is -2.35. The maximum Gasteiger partial charge on any atom is 0.220 e. The predicted octanol–water partition coefficient (Wildman–Crippen LogP) is 3.09. The summed E-state index contributed by atoms with van der Waals surface area (Å²) in [5.41, 5.74) is 1.12. The minimum absolute atomic E-state index is 0.156. The van der Waals surface area contributed by atoms with Crippen LogP contribution in [0.15, 0.2) is 28.7 Å². The first-order valence-corrected chi connectivity index (χ1v) is 8.16. The number of carbonyl (C=O) groups excluding carboxylic acids is 1. The lowest BCUT2D eigenvalue weighted by Gasteiger charge is -2.28. The van der Waals surface area contributed by atoms with Crippen LogP contribution in [0.25, 0.3) is 0 Å². The normalized spacial score (nSPS) is 20.4. The van der Waals surface area contributed by atoms with Crippen LogP contribution in [-0.2, 0) is 11.3 Å². The van der Waals surface area contributed by atoms with Crippen LogP contribution < -0.4 is 10.6 Å². The molecule has 2 atom stereocenters. The Labute approximate surface area is 129 Å². The van der Waals surface area contributed by atoms with Gasteiger partial charge in [0.05, 0.1) is 0 Å². The van der Waals surface area contributed by atoms with Crippen molar-refractivity contribution >= 4 is 21.8 Å². The van der Waals surface area contributed by atoms with Crippen molar-refractivity contribution in [2.24, 2.45) is 11.8 Å². The largest absolute Gasteiger partial charge is 0.352 e. The first-order chi connectivity index (χ1) is 9.65. The monoisotopic (exact) mass is 338 g/mol. The summed E-state index contributed by atoms with van der Waals surface area (Å²) >= 11 is 3.44. The number of hydrogen-bond donors (Lipinski definition) is 2. The van der Waals surface area contributed by atoms with Gasteiger partial charge in [-0.1, -0.05) is 35.0 Å². The maximum absolute atomic E-state index is 12.0. The summed E-state index contributed by atoms with van der Waals surface area (Å²) in [5, 5.41) is 6.43. The van der Waals surface area contributed by atoms with Gasteiger partial charge in [0.1, 0.15) is 0 Å². The Balaban J connectivity index is 1.74. The Kier molecular flexibility index (Phi) is 6.05. The summed E-state index contributed by atoms with van der Waals surface area (Å²) in [6.45, 7) is 4.97. The Bertz CT molecular complexity index is 444. The van der Waals surface area contributed by atoms with Gasteiger partial charge in [-0.05, 0) is 55.5 Å². The highest BCUT2D eigenvalue weighted by Gasteiger charge is 2.21. The predicted molar refractivity (Wildman–Crippen MR) is 85.4 cm³/mol. The molecule has 1 aliphatic rings. The summed E-state index contributed by atoms with van der Waals surface area (Å²) in [6.07, 6.45) is 3.10. The van der Waals surface area contributed by atoms with E-state index in [1.807, 2.05) is 24.3 Å². The Morgan fingerprint density at radius 3 is 3.10 bits per heavy atom. The van der Waals surface area contributed by atoms with Crippen molar-refractivity contribution in [3.63, 3.8) is 0 Å². The van der Waals surface area contributed by atoms with Crippen molar-refractivity contribution < 1.29 is 4.79 Å². The zero-order valence-corrected chi connectivity index (χ0v) is 13.6. The first kappa shape index (κ1) is 15.5. The third-order valence-corrected chi connectivity index (χ3v) is 4.52. The average Bonchev–Trinajstić information content (AvgIpc) is 2.46. The Morgan fingerprint density at radius 1 is 1.55 bits per heavy atom. The van der Waals surface area contributed by atoms with Gasteiger partial charge in [-0.25, -0.2) is 0 Å². The number of amides is 1. The fourth-order valence-electron chi connectivity index (χ4n) is 2.74. The van der Waals surface area contributed by atoms with Crippen molar-refractivity contribution in [2.45, 2.75) is 32.7 Å². The van der Waals surface area contributed by atoms with Crippen LogP contribution in [0.3, 0.4) is 0 Å². The van der Waals surface area contributed by atoms with E-state index < -0.39 is 0 Å². The lowest BCUT2D eigenvalue weighted by atomic mass is 9.85. The molecule has 1 heterocycles. The van der Waals surface area contributed by atoms with Gasteiger partial charge in [-0.2, -0.15) is 0 Å². The van der Waals surface area contributed by atoms with Crippen LogP contribution in [0.5, 0.6) is 0 Å². The number of rotatable bonds is 5. The van der Waals surface area contributed by atoms with E-state index in [1.165, 1.54) is 12.8 Å². The molecule has 2 N–H and O–H groups in total. The van der Waals surface area contributed by atoms with Crippen molar-refractivity contribution in [3.8, 4) is 0 Å². The Hall–Kier alpha value is -0.870. The van der Waals surface area contributed by atoms with E-state index >= 15 is 0 Å². The zero-order chi connectivity index (χ0) is 14.4. The number of nitrogens with one attached hydrogen (secondary N) is 2. The fraction of sp³-hybridized carbons (Fsp3) is 0.562. The van der Waals surface area contributed by atoms with E-state index in [0.717, 1.165) is 23.1 Å². The van der Waals surface area contributed by atoms with Crippen molar-refractivity contribution in [1.82, 2.24) is 10.6 Å². The maximum atomic E-state index is 12.0. The van der Waals surface area contributed by atoms with Crippen molar-refractivity contribution in [2.75, 3.05) is 13.1 Å². The van der Waals surface area contributed by atoms with Crippen LogP contribution >= 0.6 is 15.9 Å². The average molecular weight is 339 g/mol. The van der Waals surface area contributed by atoms with E-state index in [0.29, 0.717) is 24.8 Å². The van der Waals surface area contributed by atoms with Crippen molar-refractivity contribution in [1.29, 1.82) is 0 Å². The van der Waals surface area contributed by atoms with Gasteiger partial charge in [0.25, 0.3) is 0 Å². The molecule has 1 aromatic carbocycles. The standard InChI is InChI=1S/C16H23BrN2O/c1-12(14-5-3-7-18-11-14)8-16(20)19-10-13-4-2-6-15(17)9-13/h2,4,6,9,12,14,18H,3,5,7-8,10-11H2,1H3,(H,19,20). The molecule has 1 aromatic rings. The van der Waals surface area contributed by atoms with Crippen LogP contribution in [-0.4, -0.2) is 19.0 Å². The number of piperidine rings is 1. The van der Waals surface area contributed by atoms with E-state index in [4.69, 9.17) is 0 Å². The molecule has 110 valence electrons.